The number of halogens is 1. The molecule has 20 heavy (non-hydrogen) atoms. The van der Waals surface area contributed by atoms with Crippen LogP contribution in [0.1, 0.15) is 24.8 Å². The quantitative estimate of drug-likeness (QED) is 0.896. The molecule has 0 radical (unpaired) electrons. The van der Waals surface area contributed by atoms with Crippen LogP contribution in [-0.4, -0.2) is 17.0 Å². The Labute approximate surface area is 121 Å². The fourth-order valence-electron chi connectivity index (χ4n) is 2.48. The molecule has 2 rings (SSSR count). The summed E-state index contributed by atoms with van der Waals surface area (Å²) in [6.45, 7) is 0. The summed E-state index contributed by atoms with van der Waals surface area (Å²) in [7, 11) is 0. The van der Waals surface area contributed by atoms with Crippen LogP contribution in [0.15, 0.2) is 18.2 Å². The molecular formula is C14H13ClN2O3. The molecule has 104 valence electrons. The van der Waals surface area contributed by atoms with Crippen LogP contribution < -0.4 is 5.32 Å². The van der Waals surface area contributed by atoms with Crippen LogP contribution in [-0.2, 0) is 9.59 Å². The van der Waals surface area contributed by atoms with Crippen LogP contribution in [0.5, 0.6) is 0 Å². The monoisotopic (exact) mass is 292 g/mol. The highest BCUT2D eigenvalue weighted by Gasteiger charge is 2.37. The number of carboxylic acid groups (broad SMARTS) is 1. The van der Waals surface area contributed by atoms with Crippen molar-refractivity contribution in [2.24, 2.45) is 11.8 Å². The van der Waals surface area contributed by atoms with Crippen molar-refractivity contribution in [1.29, 1.82) is 5.26 Å². The molecule has 1 aliphatic rings. The smallest absolute Gasteiger partial charge is 0.307 e. The number of hydrogen-bond acceptors (Lipinski definition) is 3. The maximum absolute atomic E-state index is 12.1. The minimum Gasteiger partial charge on any atom is -0.481 e. The number of carbonyl (C=O) groups is 2. The number of rotatable bonds is 3. The molecule has 2 atom stereocenters. The van der Waals surface area contributed by atoms with Crippen LogP contribution in [0.25, 0.3) is 0 Å². The molecule has 1 fully saturated rings. The molecule has 1 amide bonds. The van der Waals surface area contributed by atoms with Crippen molar-refractivity contribution < 1.29 is 14.7 Å². The lowest BCUT2D eigenvalue weighted by Gasteiger charge is -2.16. The van der Waals surface area contributed by atoms with E-state index in [1.54, 1.807) is 12.1 Å². The molecule has 0 spiro atoms. The molecule has 1 aromatic rings. The lowest BCUT2D eigenvalue weighted by Crippen LogP contribution is -2.30. The number of hydrogen-bond donors (Lipinski definition) is 2. The van der Waals surface area contributed by atoms with Gasteiger partial charge in [-0.1, -0.05) is 18.0 Å². The molecule has 6 heteroatoms. The number of carboxylic acids is 1. The molecule has 1 saturated carbocycles. The molecule has 0 aliphatic heterocycles. The third-order valence-corrected chi connectivity index (χ3v) is 3.84. The van der Waals surface area contributed by atoms with Gasteiger partial charge in [-0.05, 0) is 31.0 Å². The molecule has 2 N–H and O–H groups in total. The normalized spacial score (nSPS) is 21.2. The summed E-state index contributed by atoms with van der Waals surface area (Å²) in [6.07, 6.45) is 1.82. The van der Waals surface area contributed by atoms with Crippen LogP contribution in [0, 0.1) is 23.2 Å². The van der Waals surface area contributed by atoms with Crippen molar-refractivity contribution in [2.75, 3.05) is 5.32 Å². The molecule has 1 aliphatic carbocycles. The van der Waals surface area contributed by atoms with E-state index in [2.05, 4.69) is 5.32 Å². The Kier molecular flexibility index (Phi) is 4.26. The van der Waals surface area contributed by atoms with Gasteiger partial charge in [0.05, 0.1) is 34.2 Å². The standard InChI is InChI=1S/C14H13ClN2O3/c15-11-6-8(7-16)4-5-12(11)17-13(18)9-2-1-3-10(9)14(19)20/h4-6,9-10H,1-3H2,(H,17,18)(H,19,20)/t9-,10+/m1/s1. The zero-order valence-corrected chi connectivity index (χ0v) is 11.4. The van der Waals surface area contributed by atoms with Gasteiger partial charge in [0, 0.05) is 0 Å². The van der Waals surface area contributed by atoms with E-state index < -0.39 is 17.8 Å². The molecule has 0 bridgehead atoms. The lowest BCUT2D eigenvalue weighted by molar-refractivity contribution is -0.145. The molecule has 5 nitrogen and oxygen atoms in total. The van der Waals surface area contributed by atoms with Crippen molar-refractivity contribution in [3.8, 4) is 6.07 Å². The fourth-order valence-corrected chi connectivity index (χ4v) is 2.71. The van der Waals surface area contributed by atoms with Gasteiger partial charge in [0.25, 0.3) is 0 Å². The predicted molar refractivity (Wildman–Crippen MR) is 73.3 cm³/mol. The molecule has 0 aromatic heterocycles. The summed E-state index contributed by atoms with van der Waals surface area (Å²) in [4.78, 5) is 23.2. The highest BCUT2D eigenvalue weighted by Crippen LogP contribution is 2.33. The largest absolute Gasteiger partial charge is 0.481 e. The maximum atomic E-state index is 12.1. The van der Waals surface area contributed by atoms with Gasteiger partial charge in [0.15, 0.2) is 0 Å². The lowest BCUT2D eigenvalue weighted by atomic mass is 9.95. The Balaban J connectivity index is 2.12. The van der Waals surface area contributed by atoms with Crippen LogP contribution >= 0.6 is 11.6 Å². The van der Waals surface area contributed by atoms with Crippen LogP contribution in [0.2, 0.25) is 5.02 Å². The highest BCUT2D eigenvalue weighted by atomic mass is 35.5. The van der Waals surface area contributed by atoms with Crippen LogP contribution in [0.3, 0.4) is 0 Å². The highest BCUT2D eigenvalue weighted by molar-refractivity contribution is 6.33. The van der Waals surface area contributed by atoms with Crippen molar-refractivity contribution in [2.45, 2.75) is 19.3 Å². The Bertz CT molecular complexity index is 595. The van der Waals surface area contributed by atoms with Gasteiger partial charge >= 0.3 is 5.97 Å². The third-order valence-electron chi connectivity index (χ3n) is 3.53. The van der Waals surface area contributed by atoms with Gasteiger partial charge < -0.3 is 10.4 Å². The minimum absolute atomic E-state index is 0.266. The summed E-state index contributed by atoms with van der Waals surface area (Å²) in [6, 6.07) is 6.50. The molecule has 1 aromatic carbocycles. The topological polar surface area (TPSA) is 90.2 Å². The van der Waals surface area contributed by atoms with Gasteiger partial charge in [0.2, 0.25) is 5.91 Å². The van der Waals surface area contributed by atoms with Crippen LogP contribution in [0.4, 0.5) is 5.69 Å². The van der Waals surface area contributed by atoms with Crippen molar-refractivity contribution in [3.63, 3.8) is 0 Å². The number of anilines is 1. The van der Waals surface area contributed by atoms with E-state index in [1.165, 1.54) is 6.07 Å². The summed E-state index contributed by atoms with van der Waals surface area (Å²) in [5.74, 6) is -2.43. The average Bonchev–Trinajstić information content (AvgIpc) is 2.90. The summed E-state index contributed by atoms with van der Waals surface area (Å²) in [5, 5.41) is 20.7. The maximum Gasteiger partial charge on any atom is 0.307 e. The van der Waals surface area contributed by atoms with Crippen molar-refractivity contribution in [1.82, 2.24) is 0 Å². The summed E-state index contributed by atoms with van der Waals surface area (Å²) >= 11 is 5.98. The van der Waals surface area contributed by atoms with E-state index in [4.69, 9.17) is 22.0 Å². The first-order valence-corrected chi connectivity index (χ1v) is 6.64. The number of nitrogens with one attached hydrogen (secondary N) is 1. The third kappa shape index (κ3) is 2.91. The number of amides is 1. The zero-order chi connectivity index (χ0) is 14.7. The van der Waals surface area contributed by atoms with E-state index >= 15 is 0 Å². The molecule has 0 saturated heterocycles. The van der Waals surface area contributed by atoms with Gasteiger partial charge in [-0.15, -0.1) is 0 Å². The van der Waals surface area contributed by atoms with E-state index in [0.717, 1.165) is 6.42 Å². The Morgan fingerprint density at radius 1 is 1.35 bits per heavy atom. The minimum atomic E-state index is -0.937. The molecular weight excluding hydrogens is 280 g/mol. The zero-order valence-electron chi connectivity index (χ0n) is 10.6. The van der Waals surface area contributed by atoms with E-state index in [0.29, 0.717) is 24.1 Å². The second-order valence-corrected chi connectivity index (χ2v) is 5.19. The second-order valence-electron chi connectivity index (χ2n) is 4.78. The average molecular weight is 293 g/mol. The second kappa shape index (κ2) is 5.93. The number of aliphatic carboxylic acids is 1. The van der Waals surface area contributed by atoms with Gasteiger partial charge in [-0.3, -0.25) is 9.59 Å². The Morgan fingerprint density at radius 3 is 2.65 bits per heavy atom. The van der Waals surface area contributed by atoms with E-state index in [-0.39, 0.29) is 10.9 Å². The molecule has 0 unspecified atom stereocenters. The first kappa shape index (κ1) is 14.4. The number of nitriles is 1. The number of benzene rings is 1. The van der Waals surface area contributed by atoms with E-state index in [9.17, 15) is 9.59 Å². The number of nitrogens with zero attached hydrogens (tertiary/aromatic N) is 1. The SMILES string of the molecule is N#Cc1ccc(NC(=O)[C@@H]2CCC[C@@H]2C(=O)O)c(Cl)c1. The predicted octanol–water partition coefficient (Wildman–Crippen LogP) is 2.65. The van der Waals surface area contributed by atoms with Crippen molar-refractivity contribution in [3.05, 3.63) is 28.8 Å². The van der Waals surface area contributed by atoms with E-state index in [1.807, 2.05) is 6.07 Å². The Morgan fingerprint density at radius 2 is 2.05 bits per heavy atom. The van der Waals surface area contributed by atoms with Gasteiger partial charge in [-0.25, -0.2) is 0 Å². The van der Waals surface area contributed by atoms with Gasteiger partial charge in [-0.2, -0.15) is 5.26 Å². The van der Waals surface area contributed by atoms with Crippen molar-refractivity contribution >= 4 is 29.2 Å². The summed E-state index contributed by atoms with van der Waals surface area (Å²) in [5.41, 5.74) is 0.795. The molecule has 0 heterocycles. The number of carbonyl (C=O) groups excluding carboxylic acids is 1. The van der Waals surface area contributed by atoms with Gasteiger partial charge in [0.1, 0.15) is 0 Å². The fraction of sp³-hybridized carbons (Fsp3) is 0.357. The first-order chi connectivity index (χ1) is 9.52. The first-order valence-electron chi connectivity index (χ1n) is 6.26. The summed E-state index contributed by atoms with van der Waals surface area (Å²) < 4.78 is 0. The Hall–Kier alpha value is -2.06.